The second-order valence-electron chi connectivity index (χ2n) is 3.55. The average molecular weight is 193 g/mol. The number of benzene rings is 1. The maximum Gasteiger partial charge on any atom is 0.0466 e. The summed E-state index contributed by atoms with van der Waals surface area (Å²) in [7, 11) is 4.07. The molecule has 2 rings (SSSR count). The molecule has 1 heterocycles. The Labute approximate surface area is 86.5 Å². The normalized spacial score (nSPS) is 14.4. The van der Waals surface area contributed by atoms with Gasteiger partial charge in [-0.25, -0.2) is 0 Å². The molecule has 0 amide bonds. The van der Waals surface area contributed by atoms with Crippen molar-refractivity contribution in [1.29, 1.82) is 0 Å². The Morgan fingerprint density at radius 3 is 1.86 bits per heavy atom. The van der Waals surface area contributed by atoms with Gasteiger partial charge in [0.1, 0.15) is 0 Å². The van der Waals surface area contributed by atoms with Gasteiger partial charge in [-0.2, -0.15) is 0 Å². The Morgan fingerprint density at radius 2 is 1.57 bits per heavy atom. The first kappa shape index (κ1) is 11.1. The monoisotopic (exact) mass is 193 g/mol. The molecule has 0 radical (unpaired) electrons. The van der Waals surface area contributed by atoms with Gasteiger partial charge in [0.25, 0.3) is 0 Å². The lowest BCUT2D eigenvalue weighted by Crippen LogP contribution is -2.07. The molecule has 1 aliphatic rings. The van der Waals surface area contributed by atoms with Crippen LogP contribution in [0.1, 0.15) is 12.8 Å². The lowest BCUT2D eigenvalue weighted by Gasteiger charge is -2.10. The highest BCUT2D eigenvalue weighted by molar-refractivity contribution is 5.43. The molecule has 78 valence electrons. The molecule has 1 saturated heterocycles. The zero-order chi connectivity index (χ0) is 10.2. The Balaban J connectivity index is 0.000000165. The smallest absolute Gasteiger partial charge is 0.0466 e. The summed E-state index contributed by atoms with van der Waals surface area (Å²) in [5.74, 6) is 0. The second kappa shape index (κ2) is 6.44. The third-order valence-electron chi connectivity index (χ3n) is 2.10. The SMILES string of the molecule is C1CCOC1.CN(C)c1ccccc1. The molecule has 0 aromatic heterocycles. The van der Waals surface area contributed by atoms with Gasteiger partial charge in [0.05, 0.1) is 0 Å². The maximum absolute atomic E-state index is 4.94. The van der Waals surface area contributed by atoms with Crippen molar-refractivity contribution in [2.45, 2.75) is 12.8 Å². The van der Waals surface area contributed by atoms with E-state index >= 15 is 0 Å². The quantitative estimate of drug-likeness (QED) is 0.679. The molecule has 0 bridgehead atoms. The first-order chi connectivity index (χ1) is 6.80. The highest BCUT2D eigenvalue weighted by atomic mass is 16.5. The lowest BCUT2D eigenvalue weighted by molar-refractivity contribution is 0.198. The molecule has 1 aromatic carbocycles. The molecule has 1 fully saturated rings. The first-order valence-corrected chi connectivity index (χ1v) is 5.11. The van der Waals surface area contributed by atoms with E-state index in [0.29, 0.717) is 0 Å². The average Bonchev–Trinajstić information content (AvgIpc) is 2.77. The van der Waals surface area contributed by atoms with Crippen LogP contribution >= 0.6 is 0 Å². The van der Waals surface area contributed by atoms with Crippen molar-refractivity contribution < 1.29 is 4.74 Å². The minimum Gasteiger partial charge on any atom is -0.381 e. The Bertz CT molecular complexity index is 222. The number of rotatable bonds is 1. The topological polar surface area (TPSA) is 12.5 Å². The van der Waals surface area contributed by atoms with Crippen LogP contribution in [0.2, 0.25) is 0 Å². The summed E-state index contributed by atoms with van der Waals surface area (Å²) in [6.07, 6.45) is 2.56. The van der Waals surface area contributed by atoms with Gasteiger partial charge in [-0.3, -0.25) is 0 Å². The van der Waals surface area contributed by atoms with E-state index in [4.69, 9.17) is 4.74 Å². The Hall–Kier alpha value is -1.02. The van der Waals surface area contributed by atoms with Gasteiger partial charge in [0.15, 0.2) is 0 Å². The van der Waals surface area contributed by atoms with Gasteiger partial charge in [-0.1, -0.05) is 18.2 Å². The van der Waals surface area contributed by atoms with Gasteiger partial charge in [0, 0.05) is 33.0 Å². The van der Waals surface area contributed by atoms with Gasteiger partial charge in [-0.15, -0.1) is 0 Å². The van der Waals surface area contributed by atoms with E-state index in [0.717, 1.165) is 13.2 Å². The molecule has 0 atom stereocenters. The number of hydrogen-bond acceptors (Lipinski definition) is 2. The number of para-hydroxylation sites is 1. The van der Waals surface area contributed by atoms with Gasteiger partial charge < -0.3 is 9.64 Å². The summed E-state index contributed by atoms with van der Waals surface area (Å²) >= 11 is 0. The molecule has 0 aliphatic carbocycles. The van der Waals surface area contributed by atoms with Gasteiger partial charge in [0.2, 0.25) is 0 Å². The van der Waals surface area contributed by atoms with Crippen LogP contribution in [0, 0.1) is 0 Å². The molecule has 0 N–H and O–H groups in total. The molecule has 14 heavy (non-hydrogen) atoms. The van der Waals surface area contributed by atoms with E-state index in [1.165, 1.54) is 18.5 Å². The van der Waals surface area contributed by atoms with Crippen molar-refractivity contribution in [3.05, 3.63) is 30.3 Å². The molecular weight excluding hydrogens is 174 g/mol. The lowest BCUT2D eigenvalue weighted by atomic mass is 10.3. The summed E-state index contributed by atoms with van der Waals surface area (Å²) < 4.78 is 4.94. The molecule has 2 heteroatoms. The first-order valence-electron chi connectivity index (χ1n) is 5.11. The third kappa shape index (κ3) is 4.28. The van der Waals surface area contributed by atoms with Crippen molar-refractivity contribution in [2.24, 2.45) is 0 Å². The van der Waals surface area contributed by atoms with Crippen LogP contribution in [-0.4, -0.2) is 27.3 Å². The fraction of sp³-hybridized carbons (Fsp3) is 0.500. The molecule has 0 unspecified atom stereocenters. The number of ether oxygens (including phenoxy) is 1. The summed E-state index contributed by atoms with van der Waals surface area (Å²) in [6, 6.07) is 10.3. The highest BCUT2D eigenvalue weighted by Gasteiger charge is 1.94. The van der Waals surface area contributed by atoms with Crippen LogP contribution in [0.25, 0.3) is 0 Å². The van der Waals surface area contributed by atoms with E-state index in [2.05, 4.69) is 17.0 Å². The van der Waals surface area contributed by atoms with Gasteiger partial charge >= 0.3 is 0 Å². The number of hydrogen-bond donors (Lipinski definition) is 0. The van der Waals surface area contributed by atoms with E-state index in [9.17, 15) is 0 Å². The van der Waals surface area contributed by atoms with Crippen LogP contribution in [0.3, 0.4) is 0 Å². The molecule has 2 nitrogen and oxygen atoms in total. The summed E-state index contributed by atoms with van der Waals surface area (Å²) in [5.41, 5.74) is 1.25. The fourth-order valence-corrected chi connectivity index (χ4v) is 1.24. The standard InChI is InChI=1S/C8H11N.C4H8O/c1-9(2)8-6-4-3-5-7-8;1-2-4-5-3-1/h3-7H,1-2H3;1-4H2. The molecular formula is C12H19NO. The highest BCUT2D eigenvalue weighted by Crippen LogP contribution is 2.07. The van der Waals surface area contributed by atoms with E-state index in [1.807, 2.05) is 32.3 Å². The molecule has 0 saturated carbocycles. The van der Waals surface area contributed by atoms with Crippen molar-refractivity contribution >= 4 is 5.69 Å². The third-order valence-corrected chi connectivity index (χ3v) is 2.10. The zero-order valence-electron chi connectivity index (χ0n) is 9.07. The van der Waals surface area contributed by atoms with E-state index in [1.54, 1.807) is 0 Å². The zero-order valence-corrected chi connectivity index (χ0v) is 9.07. The predicted octanol–water partition coefficient (Wildman–Crippen LogP) is 2.55. The molecule has 0 spiro atoms. The van der Waals surface area contributed by atoms with Crippen LogP contribution in [0.15, 0.2) is 30.3 Å². The Morgan fingerprint density at radius 1 is 1.00 bits per heavy atom. The summed E-state index contributed by atoms with van der Waals surface area (Å²) in [5, 5.41) is 0. The van der Waals surface area contributed by atoms with Crippen LogP contribution in [0.5, 0.6) is 0 Å². The summed E-state index contributed by atoms with van der Waals surface area (Å²) in [6.45, 7) is 2.00. The van der Waals surface area contributed by atoms with Crippen molar-refractivity contribution in [1.82, 2.24) is 0 Å². The van der Waals surface area contributed by atoms with E-state index in [-0.39, 0.29) is 0 Å². The maximum atomic E-state index is 4.94. The van der Waals surface area contributed by atoms with Crippen molar-refractivity contribution in [2.75, 3.05) is 32.2 Å². The summed E-state index contributed by atoms with van der Waals surface area (Å²) in [4.78, 5) is 2.08. The number of anilines is 1. The predicted molar refractivity (Wildman–Crippen MR) is 60.8 cm³/mol. The van der Waals surface area contributed by atoms with Crippen LogP contribution < -0.4 is 4.90 Å². The number of nitrogens with zero attached hydrogens (tertiary/aromatic N) is 1. The largest absolute Gasteiger partial charge is 0.381 e. The molecule has 1 aliphatic heterocycles. The second-order valence-corrected chi connectivity index (χ2v) is 3.55. The van der Waals surface area contributed by atoms with E-state index < -0.39 is 0 Å². The van der Waals surface area contributed by atoms with Gasteiger partial charge in [-0.05, 0) is 25.0 Å². The minimum atomic E-state index is 1.00. The fourth-order valence-electron chi connectivity index (χ4n) is 1.24. The van der Waals surface area contributed by atoms with Crippen LogP contribution in [0.4, 0.5) is 5.69 Å². The van der Waals surface area contributed by atoms with Crippen molar-refractivity contribution in [3.63, 3.8) is 0 Å². The van der Waals surface area contributed by atoms with Crippen LogP contribution in [-0.2, 0) is 4.74 Å². The molecule has 1 aromatic rings. The Kier molecular flexibility index (Phi) is 5.08. The van der Waals surface area contributed by atoms with Crippen molar-refractivity contribution in [3.8, 4) is 0 Å². The minimum absolute atomic E-state index is 1.00.